The molecule has 1 N–H and O–H groups in total. The fraction of sp³-hybridized carbons (Fsp3) is 0.500. The predicted octanol–water partition coefficient (Wildman–Crippen LogP) is 2.76. The highest BCUT2D eigenvalue weighted by Crippen LogP contribution is 2.13. The van der Waals surface area contributed by atoms with Gasteiger partial charge in [-0.1, -0.05) is 23.7 Å². The molecule has 1 atom stereocenters. The molecule has 0 bridgehead atoms. The Bertz CT molecular complexity index is 382. The molecule has 19 heavy (non-hydrogen) atoms. The molecular formula is C14H22Cl2N2O. The molecule has 0 aromatic heterocycles. The van der Waals surface area contributed by atoms with E-state index in [9.17, 15) is 4.79 Å². The number of hydrogen-bond donors (Lipinski definition) is 1. The first-order valence-corrected chi connectivity index (χ1v) is 6.57. The van der Waals surface area contributed by atoms with Crippen LogP contribution in [0.5, 0.6) is 0 Å². The normalized spacial score (nSPS) is 11.6. The van der Waals surface area contributed by atoms with Gasteiger partial charge in [-0.15, -0.1) is 12.4 Å². The average Bonchev–Trinajstić information content (AvgIpc) is 2.37. The molecule has 0 aliphatic carbocycles. The van der Waals surface area contributed by atoms with Gasteiger partial charge in [-0.2, -0.15) is 0 Å². The van der Waals surface area contributed by atoms with Gasteiger partial charge in [0.05, 0.1) is 0 Å². The second kappa shape index (κ2) is 9.18. The number of nitrogens with one attached hydrogen (secondary N) is 1. The number of amides is 1. The van der Waals surface area contributed by atoms with Crippen LogP contribution >= 0.6 is 24.0 Å². The van der Waals surface area contributed by atoms with Gasteiger partial charge in [-0.3, -0.25) is 4.79 Å². The van der Waals surface area contributed by atoms with Gasteiger partial charge in [-0.25, -0.2) is 0 Å². The minimum atomic E-state index is 0. The Balaban J connectivity index is 0.00000324. The first-order valence-electron chi connectivity index (χ1n) is 6.19. The summed E-state index contributed by atoms with van der Waals surface area (Å²) < 4.78 is 0. The molecule has 0 aliphatic rings. The lowest BCUT2D eigenvalue weighted by Gasteiger charge is -2.25. The van der Waals surface area contributed by atoms with Crippen LogP contribution in [0, 0.1) is 0 Å². The van der Waals surface area contributed by atoms with Crippen molar-refractivity contribution in [2.75, 3.05) is 20.6 Å². The van der Waals surface area contributed by atoms with Crippen molar-refractivity contribution in [1.82, 2.24) is 10.2 Å². The van der Waals surface area contributed by atoms with Gasteiger partial charge in [0.25, 0.3) is 0 Å². The molecule has 0 spiro atoms. The number of hydrogen-bond acceptors (Lipinski definition) is 2. The Labute approximate surface area is 126 Å². The standard InChI is InChI=1S/C14H21ClN2O.ClH/c1-11(17(3)14(18)8-9-16-2)10-12-4-6-13(15)7-5-12;/h4-7,11,16H,8-10H2,1-3H3;1H. The summed E-state index contributed by atoms with van der Waals surface area (Å²) in [4.78, 5) is 13.7. The molecular weight excluding hydrogens is 283 g/mol. The number of likely N-dealkylation sites (N-methyl/N-ethyl adjacent to an activating group) is 1. The Hall–Kier alpha value is -0.770. The van der Waals surface area contributed by atoms with E-state index in [1.807, 2.05) is 43.3 Å². The van der Waals surface area contributed by atoms with Gasteiger partial charge in [0.2, 0.25) is 5.91 Å². The van der Waals surface area contributed by atoms with Gasteiger partial charge >= 0.3 is 0 Å². The summed E-state index contributed by atoms with van der Waals surface area (Å²) in [5.74, 6) is 0.172. The molecule has 0 saturated carbocycles. The maximum Gasteiger partial charge on any atom is 0.223 e. The zero-order valence-electron chi connectivity index (χ0n) is 11.6. The Morgan fingerprint density at radius 2 is 1.95 bits per heavy atom. The maximum absolute atomic E-state index is 11.9. The molecule has 0 radical (unpaired) electrons. The first-order chi connectivity index (χ1) is 8.54. The minimum absolute atomic E-state index is 0. The summed E-state index contributed by atoms with van der Waals surface area (Å²) in [7, 11) is 3.71. The second-order valence-electron chi connectivity index (χ2n) is 4.54. The van der Waals surface area contributed by atoms with Gasteiger partial charge in [0, 0.05) is 31.1 Å². The minimum Gasteiger partial charge on any atom is -0.343 e. The summed E-state index contributed by atoms with van der Waals surface area (Å²) in [5.41, 5.74) is 1.19. The second-order valence-corrected chi connectivity index (χ2v) is 4.97. The van der Waals surface area contributed by atoms with Crippen molar-refractivity contribution in [2.45, 2.75) is 25.8 Å². The SMILES string of the molecule is CNCCC(=O)N(C)C(C)Cc1ccc(Cl)cc1.Cl. The highest BCUT2D eigenvalue weighted by atomic mass is 35.5. The van der Waals surface area contributed by atoms with E-state index < -0.39 is 0 Å². The van der Waals surface area contributed by atoms with Crippen molar-refractivity contribution in [2.24, 2.45) is 0 Å². The summed E-state index contributed by atoms with van der Waals surface area (Å²) in [6, 6.07) is 7.96. The quantitative estimate of drug-likeness (QED) is 0.876. The van der Waals surface area contributed by atoms with Crippen molar-refractivity contribution in [3.8, 4) is 0 Å². The van der Waals surface area contributed by atoms with E-state index in [0.717, 1.165) is 18.0 Å². The van der Waals surface area contributed by atoms with Gasteiger partial charge in [0.1, 0.15) is 0 Å². The molecule has 0 aliphatic heterocycles. The van der Waals surface area contributed by atoms with Crippen molar-refractivity contribution < 1.29 is 4.79 Å². The molecule has 1 aromatic rings. The molecule has 1 unspecified atom stereocenters. The smallest absolute Gasteiger partial charge is 0.223 e. The zero-order valence-corrected chi connectivity index (χ0v) is 13.2. The molecule has 3 nitrogen and oxygen atoms in total. The average molecular weight is 305 g/mol. The molecule has 1 rings (SSSR count). The van der Waals surface area contributed by atoms with Crippen LogP contribution in [0.25, 0.3) is 0 Å². The van der Waals surface area contributed by atoms with Crippen LogP contribution in [-0.2, 0) is 11.2 Å². The van der Waals surface area contributed by atoms with E-state index in [-0.39, 0.29) is 24.4 Å². The van der Waals surface area contributed by atoms with Crippen LogP contribution in [0.2, 0.25) is 5.02 Å². The van der Waals surface area contributed by atoms with Crippen LogP contribution in [0.15, 0.2) is 24.3 Å². The largest absolute Gasteiger partial charge is 0.343 e. The predicted molar refractivity (Wildman–Crippen MR) is 83.2 cm³/mol. The number of carbonyl (C=O) groups excluding carboxylic acids is 1. The third kappa shape index (κ3) is 6.28. The third-order valence-corrected chi connectivity index (χ3v) is 3.34. The molecule has 0 heterocycles. The summed E-state index contributed by atoms with van der Waals surface area (Å²) in [6.45, 7) is 2.78. The van der Waals surface area contributed by atoms with Crippen LogP contribution in [-0.4, -0.2) is 37.5 Å². The fourth-order valence-corrected chi connectivity index (χ4v) is 1.88. The van der Waals surface area contributed by atoms with Gasteiger partial charge in [0.15, 0.2) is 0 Å². The lowest BCUT2D eigenvalue weighted by atomic mass is 10.1. The van der Waals surface area contributed by atoms with E-state index in [1.54, 1.807) is 0 Å². The van der Waals surface area contributed by atoms with Crippen LogP contribution in [0.3, 0.4) is 0 Å². The van der Waals surface area contributed by atoms with E-state index in [2.05, 4.69) is 12.2 Å². The lowest BCUT2D eigenvalue weighted by Crippen LogP contribution is -2.37. The van der Waals surface area contributed by atoms with E-state index in [0.29, 0.717) is 6.42 Å². The topological polar surface area (TPSA) is 32.3 Å². The van der Waals surface area contributed by atoms with Crippen molar-refractivity contribution >= 4 is 29.9 Å². The van der Waals surface area contributed by atoms with Crippen LogP contribution < -0.4 is 5.32 Å². The molecule has 0 saturated heterocycles. The van der Waals surface area contributed by atoms with Gasteiger partial charge < -0.3 is 10.2 Å². The Morgan fingerprint density at radius 1 is 1.37 bits per heavy atom. The zero-order chi connectivity index (χ0) is 13.5. The summed E-state index contributed by atoms with van der Waals surface area (Å²) in [6.07, 6.45) is 1.39. The Kier molecular flexibility index (Phi) is 8.81. The molecule has 1 aromatic carbocycles. The molecule has 0 fully saturated rings. The van der Waals surface area contributed by atoms with Crippen molar-refractivity contribution in [3.05, 3.63) is 34.9 Å². The number of benzene rings is 1. The van der Waals surface area contributed by atoms with E-state index in [1.165, 1.54) is 5.56 Å². The molecule has 5 heteroatoms. The monoisotopic (exact) mass is 304 g/mol. The van der Waals surface area contributed by atoms with Crippen molar-refractivity contribution in [3.63, 3.8) is 0 Å². The lowest BCUT2D eigenvalue weighted by molar-refractivity contribution is -0.131. The number of halogens is 2. The van der Waals surface area contributed by atoms with E-state index in [4.69, 9.17) is 11.6 Å². The number of nitrogens with zero attached hydrogens (tertiary/aromatic N) is 1. The summed E-state index contributed by atoms with van der Waals surface area (Å²) >= 11 is 5.85. The highest BCUT2D eigenvalue weighted by molar-refractivity contribution is 6.30. The van der Waals surface area contributed by atoms with Crippen LogP contribution in [0.4, 0.5) is 0 Å². The number of carbonyl (C=O) groups is 1. The first kappa shape index (κ1) is 18.2. The molecule has 1 amide bonds. The summed E-state index contributed by atoms with van der Waals surface area (Å²) in [5, 5.41) is 3.73. The fourth-order valence-electron chi connectivity index (χ4n) is 1.75. The third-order valence-electron chi connectivity index (χ3n) is 3.09. The maximum atomic E-state index is 11.9. The molecule has 108 valence electrons. The number of rotatable bonds is 6. The highest BCUT2D eigenvalue weighted by Gasteiger charge is 2.15. The van der Waals surface area contributed by atoms with Crippen LogP contribution in [0.1, 0.15) is 18.9 Å². The van der Waals surface area contributed by atoms with Crippen molar-refractivity contribution in [1.29, 1.82) is 0 Å². The van der Waals surface area contributed by atoms with Gasteiger partial charge in [-0.05, 0) is 38.1 Å². The Morgan fingerprint density at radius 3 is 2.47 bits per heavy atom. The van der Waals surface area contributed by atoms with E-state index >= 15 is 0 Å².